The van der Waals surface area contributed by atoms with Crippen molar-refractivity contribution in [1.82, 2.24) is 25.1 Å². The van der Waals surface area contributed by atoms with E-state index in [2.05, 4.69) is 25.9 Å². The Balaban J connectivity index is 1.61. The van der Waals surface area contributed by atoms with Gasteiger partial charge < -0.3 is 15.7 Å². The van der Waals surface area contributed by atoms with Crippen LogP contribution in [0.5, 0.6) is 0 Å². The number of anilines is 1. The van der Waals surface area contributed by atoms with Crippen molar-refractivity contribution in [3.63, 3.8) is 0 Å². The molecule has 3 rings (SSSR count). The van der Waals surface area contributed by atoms with Gasteiger partial charge in [-0.05, 0) is 36.8 Å². The molecule has 0 radical (unpaired) electrons. The average molecular weight is 375 g/mol. The van der Waals surface area contributed by atoms with Crippen molar-refractivity contribution in [2.45, 2.75) is 12.8 Å². The van der Waals surface area contributed by atoms with Gasteiger partial charge in [0.05, 0.1) is 0 Å². The first-order chi connectivity index (χ1) is 12.7. The fourth-order valence-electron chi connectivity index (χ4n) is 2.40. The topological polar surface area (TPSA) is 104 Å². The molecule has 26 heavy (non-hydrogen) atoms. The number of fused-ring (bicyclic) bond motifs is 1. The molecule has 2 aromatic heterocycles. The number of nitrogens with one attached hydrogen (secondary N) is 2. The second kappa shape index (κ2) is 8.59. The summed E-state index contributed by atoms with van der Waals surface area (Å²) in [6.45, 7) is 1.15. The molecule has 2 heterocycles. The van der Waals surface area contributed by atoms with Gasteiger partial charge >= 0.3 is 0 Å². The molecule has 3 aromatic rings. The number of halogens is 1. The van der Waals surface area contributed by atoms with Crippen LogP contribution in [0.2, 0.25) is 5.02 Å². The van der Waals surface area contributed by atoms with Gasteiger partial charge in [0, 0.05) is 36.7 Å². The highest BCUT2D eigenvalue weighted by atomic mass is 35.5. The van der Waals surface area contributed by atoms with Crippen molar-refractivity contribution < 1.29 is 9.90 Å². The SMILES string of the molecule is O=C(NCCc1nnc2ccc(NCCCO)nn12)c1cccc(Cl)c1. The van der Waals surface area contributed by atoms with Crippen molar-refractivity contribution in [2.24, 2.45) is 0 Å². The Morgan fingerprint density at radius 3 is 2.88 bits per heavy atom. The van der Waals surface area contributed by atoms with E-state index in [1.165, 1.54) is 0 Å². The third kappa shape index (κ3) is 4.47. The Hall–Kier alpha value is -2.71. The van der Waals surface area contributed by atoms with Crippen LogP contribution in [0.15, 0.2) is 36.4 Å². The Kier molecular flexibility index (Phi) is 5.98. The molecular formula is C17H19ClN6O2. The number of hydrogen-bond donors (Lipinski definition) is 3. The summed E-state index contributed by atoms with van der Waals surface area (Å²) in [5, 5.41) is 28.0. The molecule has 136 valence electrons. The minimum atomic E-state index is -0.194. The van der Waals surface area contributed by atoms with Crippen LogP contribution in [-0.4, -0.2) is 50.5 Å². The molecular weight excluding hydrogens is 356 g/mol. The average Bonchev–Trinajstić information content (AvgIpc) is 3.04. The second-order valence-corrected chi connectivity index (χ2v) is 6.06. The largest absolute Gasteiger partial charge is 0.396 e. The van der Waals surface area contributed by atoms with E-state index in [1.54, 1.807) is 28.8 Å². The van der Waals surface area contributed by atoms with Gasteiger partial charge in [0.25, 0.3) is 5.91 Å². The van der Waals surface area contributed by atoms with Gasteiger partial charge in [-0.2, -0.15) is 4.52 Å². The molecule has 0 fully saturated rings. The number of amides is 1. The molecule has 1 aromatic carbocycles. The van der Waals surface area contributed by atoms with Gasteiger partial charge in [-0.25, -0.2) is 0 Å². The normalized spacial score (nSPS) is 10.8. The predicted octanol–water partition coefficient (Wildman–Crippen LogP) is 1.54. The van der Waals surface area contributed by atoms with Crippen LogP contribution >= 0.6 is 11.6 Å². The zero-order chi connectivity index (χ0) is 18.4. The molecule has 0 aliphatic carbocycles. The van der Waals surface area contributed by atoms with Crippen LogP contribution in [0.1, 0.15) is 22.6 Å². The smallest absolute Gasteiger partial charge is 0.251 e. The van der Waals surface area contributed by atoms with Crippen molar-refractivity contribution in [3.05, 3.63) is 52.8 Å². The highest BCUT2D eigenvalue weighted by molar-refractivity contribution is 6.30. The van der Waals surface area contributed by atoms with E-state index < -0.39 is 0 Å². The Morgan fingerprint density at radius 1 is 1.19 bits per heavy atom. The van der Waals surface area contributed by atoms with E-state index in [1.807, 2.05) is 12.1 Å². The second-order valence-electron chi connectivity index (χ2n) is 5.62. The summed E-state index contributed by atoms with van der Waals surface area (Å²) >= 11 is 5.90. The number of aromatic nitrogens is 4. The molecule has 0 aliphatic rings. The Bertz CT molecular complexity index is 898. The van der Waals surface area contributed by atoms with Crippen molar-refractivity contribution in [1.29, 1.82) is 0 Å². The zero-order valence-electron chi connectivity index (χ0n) is 14.0. The number of benzene rings is 1. The standard InChI is InChI=1S/C17H19ClN6O2/c18-13-4-1-3-12(11-13)17(26)20-9-7-16-22-21-15-6-5-14(23-24(15)16)19-8-2-10-25/h1,3-6,11,25H,2,7-10H2,(H,19,23)(H,20,26). The van der Waals surface area contributed by atoms with Gasteiger partial charge in [0.2, 0.25) is 0 Å². The highest BCUT2D eigenvalue weighted by Crippen LogP contribution is 2.11. The molecule has 3 N–H and O–H groups in total. The van der Waals surface area contributed by atoms with Crippen molar-refractivity contribution in [3.8, 4) is 0 Å². The van der Waals surface area contributed by atoms with Crippen LogP contribution in [0.25, 0.3) is 5.65 Å². The summed E-state index contributed by atoms with van der Waals surface area (Å²) in [7, 11) is 0. The lowest BCUT2D eigenvalue weighted by Gasteiger charge is -2.06. The first-order valence-electron chi connectivity index (χ1n) is 8.27. The van der Waals surface area contributed by atoms with E-state index in [4.69, 9.17) is 16.7 Å². The summed E-state index contributed by atoms with van der Waals surface area (Å²) < 4.78 is 1.65. The molecule has 1 amide bonds. The monoisotopic (exact) mass is 374 g/mol. The number of nitrogens with zero attached hydrogens (tertiary/aromatic N) is 4. The lowest BCUT2D eigenvalue weighted by molar-refractivity contribution is 0.0954. The van der Waals surface area contributed by atoms with Crippen LogP contribution in [0, 0.1) is 0 Å². The third-order valence-corrected chi connectivity index (χ3v) is 3.92. The molecule has 0 unspecified atom stereocenters. The summed E-state index contributed by atoms with van der Waals surface area (Å²) in [6.07, 6.45) is 1.13. The van der Waals surface area contributed by atoms with Gasteiger partial charge in [-0.3, -0.25) is 4.79 Å². The predicted molar refractivity (Wildman–Crippen MR) is 98.5 cm³/mol. The molecule has 0 saturated heterocycles. The van der Waals surface area contributed by atoms with Gasteiger partial charge in [0.15, 0.2) is 11.5 Å². The third-order valence-electron chi connectivity index (χ3n) is 3.69. The first-order valence-corrected chi connectivity index (χ1v) is 8.65. The number of rotatable bonds is 8. The van der Waals surface area contributed by atoms with E-state index >= 15 is 0 Å². The molecule has 0 saturated carbocycles. The summed E-state index contributed by atoms with van der Waals surface area (Å²) in [4.78, 5) is 12.1. The fourth-order valence-corrected chi connectivity index (χ4v) is 2.59. The van der Waals surface area contributed by atoms with Crippen LogP contribution in [0.3, 0.4) is 0 Å². The minimum absolute atomic E-state index is 0.124. The molecule has 0 bridgehead atoms. The number of hydrogen-bond acceptors (Lipinski definition) is 6. The molecule has 0 aliphatic heterocycles. The quantitative estimate of drug-likeness (QED) is 0.517. The van der Waals surface area contributed by atoms with Crippen LogP contribution in [0.4, 0.5) is 5.82 Å². The number of carbonyl (C=O) groups is 1. The Morgan fingerprint density at radius 2 is 2.08 bits per heavy atom. The summed E-state index contributed by atoms with van der Waals surface area (Å²) in [5.74, 6) is 1.13. The van der Waals surface area contributed by atoms with Gasteiger partial charge in [-0.15, -0.1) is 15.3 Å². The van der Waals surface area contributed by atoms with Gasteiger partial charge in [-0.1, -0.05) is 17.7 Å². The highest BCUT2D eigenvalue weighted by Gasteiger charge is 2.10. The van der Waals surface area contributed by atoms with Crippen molar-refractivity contribution >= 4 is 29.0 Å². The van der Waals surface area contributed by atoms with E-state index in [0.29, 0.717) is 53.8 Å². The molecule has 0 spiro atoms. The maximum atomic E-state index is 12.1. The minimum Gasteiger partial charge on any atom is -0.396 e. The number of aliphatic hydroxyl groups is 1. The maximum Gasteiger partial charge on any atom is 0.251 e. The molecule has 9 heteroatoms. The number of carbonyl (C=O) groups excluding carboxylic acids is 1. The van der Waals surface area contributed by atoms with Crippen LogP contribution in [-0.2, 0) is 6.42 Å². The lowest BCUT2D eigenvalue weighted by Crippen LogP contribution is -2.26. The zero-order valence-corrected chi connectivity index (χ0v) is 14.8. The van der Waals surface area contributed by atoms with Crippen LogP contribution < -0.4 is 10.6 Å². The van der Waals surface area contributed by atoms with E-state index in [9.17, 15) is 4.79 Å². The number of aliphatic hydroxyl groups excluding tert-OH is 1. The summed E-state index contributed by atoms with van der Waals surface area (Å²) in [6, 6.07) is 10.4. The van der Waals surface area contributed by atoms with E-state index in [-0.39, 0.29) is 12.5 Å². The Labute approximate surface area is 155 Å². The van der Waals surface area contributed by atoms with Gasteiger partial charge in [0.1, 0.15) is 5.82 Å². The molecule has 0 atom stereocenters. The first kappa shape index (κ1) is 18.1. The van der Waals surface area contributed by atoms with E-state index in [0.717, 1.165) is 0 Å². The summed E-state index contributed by atoms with van der Waals surface area (Å²) in [5.41, 5.74) is 1.14. The molecule has 8 nitrogen and oxygen atoms in total. The lowest BCUT2D eigenvalue weighted by atomic mass is 10.2. The van der Waals surface area contributed by atoms with Crippen molar-refractivity contribution in [2.75, 3.05) is 25.0 Å². The maximum absolute atomic E-state index is 12.1. The fraction of sp³-hybridized carbons (Fsp3) is 0.294.